The monoisotopic (exact) mass is 206 g/mol. The summed E-state index contributed by atoms with van der Waals surface area (Å²) in [7, 11) is 0. The average Bonchev–Trinajstić information content (AvgIpc) is 2.26. The average molecular weight is 206 g/mol. The van der Waals surface area contributed by atoms with E-state index in [9.17, 15) is 10.2 Å². The van der Waals surface area contributed by atoms with Crippen LogP contribution in [0.25, 0.3) is 0 Å². The van der Waals surface area contributed by atoms with E-state index in [1.807, 2.05) is 6.07 Å². The molecule has 0 radical (unpaired) electrons. The molecular formula is C11H14N2O2. The third-order valence-electron chi connectivity index (χ3n) is 2.35. The zero-order valence-electron chi connectivity index (χ0n) is 8.51. The summed E-state index contributed by atoms with van der Waals surface area (Å²) in [6.45, 7) is 1.74. The molecule has 15 heavy (non-hydrogen) atoms. The van der Waals surface area contributed by atoms with E-state index >= 15 is 0 Å². The van der Waals surface area contributed by atoms with Gasteiger partial charge in [0.15, 0.2) is 0 Å². The standard InChI is InChI=1S/C11H14N2O2/c1-7-3-2-4-8(5-12)10(7)11(15)9(14)6-13/h2-4,9,11,14-15H,6,13H2,1H3. The van der Waals surface area contributed by atoms with E-state index in [0.29, 0.717) is 11.1 Å². The minimum atomic E-state index is -1.11. The van der Waals surface area contributed by atoms with Crippen molar-refractivity contribution in [2.45, 2.75) is 19.1 Å². The third kappa shape index (κ3) is 2.34. The van der Waals surface area contributed by atoms with Crippen LogP contribution in [0.2, 0.25) is 0 Å². The van der Waals surface area contributed by atoms with Gasteiger partial charge in [-0.2, -0.15) is 5.26 Å². The van der Waals surface area contributed by atoms with Gasteiger partial charge in [0.05, 0.1) is 17.7 Å². The van der Waals surface area contributed by atoms with Crippen molar-refractivity contribution in [3.05, 3.63) is 34.9 Å². The number of aliphatic hydroxyl groups is 2. The second-order valence-electron chi connectivity index (χ2n) is 3.40. The molecule has 2 unspecified atom stereocenters. The molecule has 0 bridgehead atoms. The zero-order chi connectivity index (χ0) is 11.4. The molecule has 80 valence electrons. The Morgan fingerprint density at radius 2 is 2.13 bits per heavy atom. The van der Waals surface area contributed by atoms with Crippen molar-refractivity contribution in [1.82, 2.24) is 0 Å². The third-order valence-corrected chi connectivity index (χ3v) is 2.35. The van der Waals surface area contributed by atoms with Crippen LogP contribution in [0, 0.1) is 18.3 Å². The number of nitrogens with two attached hydrogens (primary N) is 1. The van der Waals surface area contributed by atoms with Gasteiger partial charge in [0.1, 0.15) is 6.10 Å². The minimum absolute atomic E-state index is 0.0413. The van der Waals surface area contributed by atoms with Crippen LogP contribution in [-0.4, -0.2) is 22.9 Å². The van der Waals surface area contributed by atoms with E-state index in [0.717, 1.165) is 5.56 Å². The summed E-state index contributed by atoms with van der Waals surface area (Å²) in [6.07, 6.45) is -2.15. The number of aryl methyl sites for hydroxylation is 1. The molecule has 4 heteroatoms. The maximum absolute atomic E-state index is 9.80. The van der Waals surface area contributed by atoms with E-state index in [1.54, 1.807) is 25.1 Å². The van der Waals surface area contributed by atoms with Crippen molar-refractivity contribution in [1.29, 1.82) is 5.26 Å². The Kier molecular flexibility index (Phi) is 3.81. The first kappa shape index (κ1) is 11.7. The number of rotatable bonds is 3. The summed E-state index contributed by atoms with van der Waals surface area (Å²) in [5.74, 6) is 0. The molecule has 1 aromatic rings. The number of benzene rings is 1. The molecule has 4 nitrogen and oxygen atoms in total. The van der Waals surface area contributed by atoms with Crippen LogP contribution < -0.4 is 5.73 Å². The lowest BCUT2D eigenvalue weighted by atomic mass is 9.95. The Morgan fingerprint density at radius 1 is 1.47 bits per heavy atom. The van der Waals surface area contributed by atoms with Crippen molar-refractivity contribution in [3.63, 3.8) is 0 Å². The molecule has 0 aliphatic heterocycles. The first-order valence-electron chi connectivity index (χ1n) is 4.67. The normalized spacial score (nSPS) is 14.3. The van der Waals surface area contributed by atoms with E-state index in [4.69, 9.17) is 11.0 Å². The summed E-state index contributed by atoms with van der Waals surface area (Å²) in [5.41, 5.74) is 6.86. The predicted molar refractivity (Wildman–Crippen MR) is 55.9 cm³/mol. The van der Waals surface area contributed by atoms with Gasteiger partial charge in [0.25, 0.3) is 0 Å². The van der Waals surface area contributed by atoms with Crippen molar-refractivity contribution < 1.29 is 10.2 Å². The molecule has 0 aliphatic carbocycles. The summed E-state index contributed by atoms with van der Waals surface area (Å²) >= 11 is 0. The molecule has 0 fully saturated rings. The number of hydrogen-bond donors (Lipinski definition) is 3. The van der Waals surface area contributed by atoms with Gasteiger partial charge in [0.2, 0.25) is 0 Å². The number of aliphatic hydroxyl groups excluding tert-OH is 2. The lowest BCUT2D eigenvalue weighted by Gasteiger charge is -2.19. The Hall–Kier alpha value is -1.41. The molecular weight excluding hydrogens is 192 g/mol. The Morgan fingerprint density at radius 3 is 2.67 bits per heavy atom. The van der Waals surface area contributed by atoms with Gasteiger partial charge in [-0.25, -0.2) is 0 Å². The highest BCUT2D eigenvalue weighted by Crippen LogP contribution is 2.24. The van der Waals surface area contributed by atoms with Gasteiger partial charge in [-0.05, 0) is 18.6 Å². The highest BCUT2D eigenvalue weighted by atomic mass is 16.3. The van der Waals surface area contributed by atoms with Crippen LogP contribution in [0.4, 0.5) is 0 Å². The molecule has 0 spiro atoms. The van der Waals surface area contributed by atoms with Crippen molar-refractivity contribution >= 4 is 0 Å². The second-order valence-corrected chi connectivity index (χ2v) is 3.40. The summed E-state index contributed by atoms with van der Waals surface area (Å²) in [6, 6.07) is 7.11. The highest BCUT2D eigenvalue weighted by molar-refractivity contribution is 5.44. The molecule has 2 atom stereocenters. The van der Waals surface area contributed by atoms with Crippen LogP contribution in [0.1, 0.15) is 22.8 Å². The number of hydrogen-bond acceptors (Lipinski definition) is 4. The highest BCUT2D eigenvalue weighted by Gasteiger charge is 2.21. The van der Waals surface area contributed by atoms with E-state index < -0.39 is 12.2 Å². The van der Waals surface area contributed by atoms with Crippen LogP contribution in [0.3, 0.4) is 0 Å². The summed E-state index contributed by atoms with van der Waals surface area (Å²) in [4.78, 5) is 0. The topological polar surface area (TPSA) is 90.3 Å². The number of nitriles is 1. The van der Waals surface area contributed by atoms with Crippen LogP contribution in [-0.2, 0) is 0 Å². The second kappa shape index (κ2) is 4.89. The molecule has 0 heterocycles. The zero-order valence-corrected chi connectivity index (χ0v) is 8.51. The molecule has 0 amide bonds. The Labute approximate surface area is 88.6 Å². The minimum Gasteiger partial charge on any atom is -0.389 e. The van der Waals surface area contributed by atoms with Gasteiger partial charge in [-0.15, -0.1) is 0 Å². The quantitative estimate of drug-likeness (QED) is 0.659. The fraction of sp³-hybridized carbons (Fsp3) is 0.364. The van der Waals surface area contributed by atoms with Crippen LogP contribution >= 0.6 is 0 Å². The Balaban J connectivity index is 3.18. The van der Waals surface area contributed by atoms with Gasteiger partial charge in [-0.3, -0.25) is 0 Å². The largest absolute Gasteiger partial charge is 0.389 e. The smallest absolute Gasteiger partial charge is 0.108 e. The van der Waals surface area contributed by atoms with Gasteiger partial charge >= 0.3 is 0 Å². The van der Waals surface area contributed by atoms with Crippen molar-refractivity contribution in [3.8, 4) is 6.07 Å². The molecule has 0 saturated heterocycles. The van der Waals surface area contributed by atoms with Crippen molar-refractivity contribution in [2.75, 3.05) is 6.54 Å². The molecule has 0 saturated carbocycles. The molecule has 0 aromatic heterocycles. The van der Waals surface area contributed by atoms with E-state index in [2.05, 4.69) is 0 Å². The Bertz CT molecular complexity index is 385. The lowest BCUT2D eigenvalue weighted by Crippen LogP contribution is -2.28. The van der Waals surface area contributed by atoms with Crippen LogP contribution in [0.15, 0.2) is 18.2 Å². The SMILES string of the molecule is Cc1cccc(C#N)c1C(O)C(O)CN. The first-order valence-corrected chi connectivity index (χ1v) is 4.67. The fourth-order valence-electron chi connectivity index (χ4n) is 1.49. The molecule has 1 aromatic carbocycles. The summed E-state index contributed by atoms with van der Waals surface area (Å²) in [5, 5.41) is 28.1. The summed E-state index contributed by atoms with van der Waals surface area (Å²) < 4.78 is 0. The van der Waals surface area contributed by atoms with Gasteiger partial charge < -0.3 is 15.9 Å². The fourth-order valence-corrected chi connectivity index (χ4v) is 1.49. The molecule has 0 aliphatic rings. The van der Waals surface area contributed by atoms with E-state index in [1.165, 1.54) is 0 Å². The lowest BCUT2D eigenvalue weighted by molar-refractivity contribution is 0.0238. The number of nitrogens with zero attached hydrogens (tertiary/aromatic N) is 1. The first-order chi connectivity index (χ1) is 7.11. The van der Waals surface area contributed by atoms with Gasteiger partial charge in [-0.1, -0.05) is 12.1 Å². The molecule has 4 N–H and O–H groups in total. The van der Waals surface area contributed by atoms with Crippen LogP contribution in [0.5, 0.6) is 0 Å². The molecule has 1 rings (SSSR count). The maximum atomic E-state index is 9.80. The van der Waals surface area contributed by atoms with Crippen molar-refractivity contribution in [2.24, 2.45) is 5.73 Å². The predicted octanol–water partition coefficient (Wildman–Crippen LogP) is 0.220. The maximum Gasteiger partial charge on any atom is 0.108 e. The van der Waals surface area contributed by atoms with E-state index in [-0.39, 0.29) is 6.54 Å². The van der Waals surface area contributed by atoms with Gasteiger partial charge in [0, 0.05) is 12.1 Å².